The molecule has 0 saturated carbocycles. The molecule has 1 unspecified atom stereocenters. The van der Waals surface area contributed by atoms with Crippen LogP contribution in [0.25, 0.3) is 11.0 Å². The van der Waals surface area contributed by atoms with Crippen molar-refractivity contribution >= 4 is 38.7 Å². The molecule has 1 aromatic carbocycles. The number of halogens is 1. The van der Waals surface area contributed by atoms with Gasteiger partial charge in [-0.1, -0.05) is 11.6 Å². The summed E-state index contributed by atoms with van der Waals surface area (Å²) < 4.78 is 37.4. The van der Waals surface area contributed by atoms with E-state index < -0.39 is 26.7 Å². The molecule has 32 heavy (non-hydrogen) atoms. The van der Waals surface area contributed by atoms with E-state index in [-0.39, 0.29) is 22.8 Å². The first-order valence-corrected chi connectivity index (χ1v) is 11.3. The SMILES string of the molecule is CNS(=O)(=O)C1(N)C=C(Cc2c(C)c3cc(Cl)c(OC(=O)N(C)C)cc3oc2=O)C=CN1. The van der Waals surface area contributed by atoms with Crippen molar-refractivity contribution in [3.05, 3.63) is 62.6 Å². The molecule has 1 aromatic heterocycles. The highest BCUT2D eigenvalue weighted by molar-refractivity contribution is 7.91. The number of carbonyl (C=O) groups is 1. The molecule has 0 saturated heterocycles. The van der Waals surface area contributed by atoms with E-state index in [0.717, 1.165) is 0 Å². The Balaban J connectivity index is 2.04. The second kappa shape index (κ2) is 8.58. The lowest BCUT2D eigenvalue weighted by atomic mass is 9.98. The first-order chi connectivity index (χ1) is 14.9. The Bertz CT molecular complexity index is 1320. The molecular formula is C20H23ClN4O6S. The molecule has 12 heteroatoms. The minimum absolute atomic E-state index is 0.0577. The summed E-state index contributed by atoms with van der Waals surface area (Å²) >= 11 is 6.27. The fraction of sp³-hybridized carbons (Fsp3) is 0.300. The van der Waals surface area contributed by atoms with Gasteiger partial charge in [0.15, 0.2) is 5.75 Å². The van der Waals surface area contributed by atoms with Crippen molar-refractivity contribution in [1.82, 2.24) is 14.9 Å². The Morgan fingerprint density at radius 3 is 2.69 bits per heavy atom. The maximum absolute atomic E-state index is 12.7. The van der Waals surface area contributed by atoms with Crippen molar-refractivity contribution in [2.45, 2.75) is 18.3 Å². The van der Waals surface area contributed by atoms with Gasteiger partial charge in [0.1, 0.15) is 5.58 Å². The lowest BCUT2D eigenvalue weighted by molar-refractivity contribution is 0.172. The Morgan fingerprint density at radius 1 is 1.38 bits per heavy atom. The van der Waals surface area contributed by atoms with Crippen molar-refractivity contribution < 1.29 is 22.4 Å². The number of sulfonamides is 1. The lowest BCUT2D eigenvalue weighted by Crippen LogP contribution is -2.60. The highest BCUT2D eigenvalue weighted by atomic mass is 35.5. The van der Waals surface area contributed by atoms with Gasteiger partial charge >= 0.3 is 11.7 Å². The molecule has 1 amide bonds. The van der Waals surface area contributed by atoms with Crippen LogP contribution >= 0.6 is 11.6 Å². The van der Waals surface area contributed by atoms with E-state index in [0.29, 0.717) is 22.1 Å². The summed E-state index contributed by atoms with van der Waals surface area (Å²) in [6.45, 7) is 1.72. The van der Waals surface area contributed by atoms with Crippen LogP contribution in [-0.2, 0) is 16.4 Å². The first-order valence-electron chi connectivity index (χ1n) is 9.41. The second-order valence-electron chi connectivity index (χ2n) is 7.41. The molecular weight excluding hydrogens is 460 g/mol. The molecule has 0 fully saturated rings. The topological polar surface area (TPSA) is 144 Å². The van der Waals surface area contributed by atoms with Crippen molar-refractivity contribution in [2.24, 2.45) is 5.73 Å². The Morgan fingerprint density at radius 2 is 2.06 bits per heavy atom. The fourth-order valence-corrected chi connectivity index (χ4v) is 4.21. The van der Waals surface area contributed by atoms with Gasteiger partial charge in [-0.05, 0) is 49.5 Å². The quantitative estimate of drug-likeness (QED) is 0.544. The number of nitrogens with two attached hydrogens (primary N) is 1. The van der Waals surface area contributed by atoms with Crippen LogP contribution in [-0.4, -0.2) is 45.5 Å². The van der Waals surface area contributed by atoms with Crippen LogP contribution in [0.15, 0.2) is 45.3 Å². The number of allylic oxidation sites excluding steroid dienone is 2. The number of hydrogen-bond acceptors (Lipinski definition) is 8. The highest BCUT2D eigenvalue weighted by Crippen LogP contribution is 2.33. The summed E-state index contributed by atoms with van der Waals surface area (Å²) in [5.74, 6) is 0.0577. The predicted octanol–water partition coefficient (Wildman–Crippen LogP) is 1.56. The number of nitrogens with zero attached hydrogens (tertiary/aromatic N) is 1. The number of carbonyl (C=O) groups excluding carboxylic acids is 1. The normalized spacial score (nSPS) is 18.2. The summed E-state index contributed by atoms with van der Waals surface area (Å²) in [5, 5.41) is 3.32. The van der Waals surface area contributed by atoms with Gasteiger partial charge in [0, 0.05) is 37.5 Å². The Labute approximate surface area is 189 Å². The smallest absolute Gasteiger partial charge is 0.414 e. The van der Waals surface area contributed by atoms with E-state index in [2.05, 4.69) is 10.0 Å². The molecule has 0 bridgehead atoms. The molecule has 2 aromatic rings. The van der Waals surface area contributed by atoms with E-state index in [1.165, 1.54) is 44.4 Å². The molecule has 1 aliphatic heterocycles. The molecule has 2 heterocycles. The molecule has 3 rings (SSSR count). The second-order valence-corrected chi connectivity index (χ2v) is 9.91. The molecule has 0 radical (unpaired) electrons. The van der Waals surface area contributed by atoms with Crippen molar-refractivity contribution in [1.29, 1.82) is 0 Å². The monoisotopic (exact) mass is 482 g/mol. The number of aryl methyl sites for hydroxylation is 1. The standard InChI is InChI=1S/C20H23ClN4O6S/c1-11-13-8-15(21)17(31-19(27)25(3)4)9-16(13)30-18(26)14(11)7-12-5-6-24-20(22,10-12)32(28,29)23-2/h5-6,8-10,23-24H,7,22H2,1-4H3. The van der Waals surface area contributed by atoms with Crippen LogP contribution < -0.4 is 26.1 Å². The third-order valence-electron chi connectivity index (χ3n) is 5.00. The maximum atomic E-state index is 12.7. The van der Waals surface area contributed by atoms with Gasteiger partial charge in [-0.25, -0.2) is 22.7 Å². The van der Waals surface area contributed by atoms with Gasteiger partial charge in [-0.3, -0.25) is 5.73 Å². The number of benzene rings is 1. The van der Waals surface area contributed by atoms with Crippen molar-refractivity contribution in [2.75, 3.05) is 21.1 Å². The minimum Gasteiger partial charge on any atom is -0.422 e. The zero-order valence-corrected chi connectivity index (χ0v) is 19.4. The molecule has 172 valence electrons. The van der Waals surface area contributed by atoms with Gasteiger partial charge in [0.2, 0.25) is 4.99 Å². The van der Waals surface area contributed by atoms with Crippen LogP contribution in [0.1, 0.15) is 11.1 Å². The number of rotatable bonds is 5. The molecule has 10 nitrogen and oxygen atoms in total. The maximum Gasteiger partial charge on any atom is 0.414 e. The van der Waals surface area contributed by atoms with Crippen LogP contribution in [0.2, 0.25) is 5.02 Å². The van der Waals surface area contributed by atoms with Crippen LogP contribution in [0.4, 0.5) is 4.79 Å². The molecule has 0 aliphatic carbocycles. The van der Waals surface area contributed by atoms with Gasteiger partial charge in [-0.15, -0.1) is 0 Å². The molecule has 0 spiro atoms. The van der Waals surface area contributed by atoms with Gasteiger partial charge in [0.05, 0.1) is 5.02 Å². The number of nitrogens with one attached hydrogen (secondary N) is 2. The van der Waals surface area contributed by atoms with Gasteiger partial charge < -0.3 is 19.4 Å². The zero-order chi connectivity index (χ0) is 23.8. The third kappa shape index (κ3) is 4.37. The number of amides is 1. The number of ether oxygens (including phenoxy) is 1. The molecule has 1 aliphatic rings. The minimum atomic E-state index is -3.90. The van der Waals surface area contributed by atoms with E-state index in [9.17, 15) is 18.0 Å². The summed E-state index contributed by atoms with van der Waals surface area (Å²) in [4.78, 5) is 23.9. The summed E-state index contributed by atoms with van der Waals surface area (Å²) in [5.41, 5.74) is 6.99. The average molecular weight is 483 g/mol. The summed E-state index contributed by atoms with van der Waals surface area (Å²) in [6.07, 6.45) is 3.81. The molecule has 4 N–H and O–H groups in total. The highest BCUT2D eigenvalue weighted by Gasteiger charge is 2.37. The average Bonchev–Trinajstić information content (AvgIpc) is 2.72. The van der Waals surface area contributed by atoms with Crippen molar-refractivity contribution in [3.63, 3.8) is 0 Å². The van der Waals surface area contributed by atoms with Crippen molar-refractivity contribution in [3.8, 4) is 5.75 Å². The number of fused-ring (bicyclic) bond motifs is 1. The Hall–Kier alpha value is -2.86. The van der Waals surface area contributed by atoms with E-state index in [1.807, 2.05) is 0 Å². The first kappa shape index (κ1) is 23.8. The number of hydrogen-bond donors (Lipinski definition) is 3. The largest absolute Gasteiger partial charge is 0.422 e. The van der Waals surface area contributed by atoms with E-state index >= 15 is 0 Å². The van der Waals surface area contributed by atoms with Crippen LogP contribution in [0.3, 0.4) is 0 Å². The summed E-state index contributed by atoms with van der Waals surface area (Å²) in [7, 11) is 0.402. The predicted molar refractivity (Wildman–Crippen MR) is 121 cm³/mol. The third-order valence-corrected chi connectivity index (χ3v) is 6.96. The molecule has 1 atom stereocenters. The van der Waals surface area contributed by atoms with Gasteiger partial charge in [-0.2, -0.15) is 0 Å². The van der Waals surface area contributed by atoms with Crippen LogP contribution in [0.5, 0.6) is 5.75 Å². The van der Waals surface area contributed by atoms with E-state index in [1.54, 1.807) is 19.1 Å². The van der Waals surface area contributed by atoms with E-state index in [4.69, 9.17) is 26.5 Å². The zero-order valence-electron chi connectivity index (χ0n) is 17.9. The lowest BCUT2D eigenvalue weighted by Gasteiger charge is -2.29. The van der Waals surface area contributed by atoms with Gasteiger partial charge in [0.25, 0.3) is 10.0 Å². The van der Waals surface area contributed by atoms with Crippen LogP contribution in [0, 0.1) is 6.92 Å². The number of dihydropyridines is 1. The summed E-state index contributed by atoms with van der Waals surface area (Å²) in [6, 6.07) is 2.92. The fourth-order valence-electron chi connectivity index (χ4n) is 3.14. The Kier molecular flexibility index (Phi) is 6.38.